The molecule has 1 rings (SSSR count). The fourth-order valence-electron chi connectivity index (χ4n) is 0.719. The molecule has 12 heavy (non-hydrogen) atoms. The van der Waals surface area contributed by atoms with E-state index < -0.39 is 4.92 Å². The Morgan fingerprint density at radius 1 is 1.33 bits per heavy atom. The van der Waals surface area contributed by atoms with Crippen molar-refractivity contribution in [2.75, 3.05) is 11.5 Å². The summed E-state index contributed by atoms with van der Waals surface area (Å²) >= 11 is 0. The molecule has 0 amide bonds. The number of rotatable bonds is 1. The van der Waals surface area contributed by atoms with Gasteiger partial charge in [-0.25, -0.2) is 0 Å². The minimum absolute atomic E-state index is 0. The van der Waals surface area contributed by atoms with Gasteiger partial charge in [0.05, 0.1) is 4.92 Å². The molecule has 0 heterocycles. The molecule has 0 bridgehead atoms. The van der Waals surface area contributed by atoms with Gasteiger partial charge in [-0.2, -0.15) is 0 Å². The molecule has 0 saturated heterocycles. The zero-order chi connectivity index (χ0) is 8.43. The second kappa shape index (κ2) is 4.10. The molecular weight excluding hydrogens is 343 g/mol. The molecule has 0 aliphatic heterocycles. The SMILES string of the molecule is Nc1ccc(N)c([N+](=O)[O-])c1.[Au]. The number of nitro benzene ring substituents is 1. The van der Waals surface area contributed by atoms with Crippen molar-refractivity contribution in [1.29, 1.82) is 0 Å². The van der Waals surface area contributed by atoms with E-state index in [1.54, 1.807) is 0 Å². The molecule has 69 valence electrons. The Morgan fingerprint density at radius 3 is 2.33 bits per heavy atom. The van der Waals surface area contributed by atoms with Crippen LogP contribution < -0.4 is 11.5 Å². The number of anilines is 2. The first kappa shape index (κ1) is 11.0. The molecule has 0 aromatic heterocycles. The van der Waals surface area contributed by atoms with Crippen molar-refractivity contribution in [3.8, 4) is 0 Å². The normalized spacial score (nSPS) is 8.67. The summed E-state index contributed by atoms with van der Waals surface area (Å²) in [6.45, 7) is 0. The molecule has 0 aliphatic rings. The van der Waals surface area contributed by atoms with Gasteiger partial charge in [-0.15, -0.1) is 0 Å². The molecule has 4 N–H and O–H groups in total. The summed E-state index contributed by atoms with van der Waals surface area (Å²) in [7, 11) is 0. The molecule has 6 heteroatoms. The van der Waals surface area contributed by atoms with E-state index in [-0.39, 0.29) is 33.8 Å². The van der Waals surface area contributed by atoms with Gasteiger partial charge < -0.3 is 11.5 Å². The van der Waals surface area contributed by atoms with E-state index in [4.69, 9.17) is 11.5 Å². The topological polar surface area (TPSA) is 95.2 Å². The van der Waals surface area contributed by atoms with E-state index in [1.165, 1.54) is 18.2 Å². The van der Waals surface area contributed by atoms with Crippen LogP contribution in [0.15, 0.2) is 18.2 Å². The summed E-state index contributed by atoms with van der Waals surface area (Å²) in [5, 5.41) is 10.2. The van der Waals surface area contributed by atoms with Crippen molar-refractivity contribution in [2.45, 2.75) is 0 Å². The first-order chi connectivity index (χ1) is 5.11. The van der Waals surface area contributed by atoms with Crippen molar-refractivity contribution in [2.24, 2.45) is 0 Å². The van der Waals surface area contributed by atoms with Crippen LogP contribution in [0.3, 0.4) is 0 Å². The molecule has 1 radical (unpaired) electrons. The quantitative estimate of drug-likeness (QED) is 0.338. The Bertz CT molecular complexity index is 303. The van der Waals surface area contributed by atoms with Crippen LogP contribution in [0.1, 0.15) is 0 Å². The van der Waals surface area contributed by atoms with Crippen LogP contribution in [0.25, 0.3) is 0 Å². The van der Waals surface area contributed by atoms with Gasteiger partial charge in [0.1, 0.15) is 5.69 Å². The maximum absolute atomic E-state index is 10.2. The average molecular weight is 350 g/mol. The number of nitrogens with two attached hydrogens (primary N) is 2. The van der Waals surface area contributed by atoms with E-state index in [9.17, 15) is 10.1 Å². The number of benzene rings is 1. The van der Waals surface area contributed by atoms with E-state index in [0.717, 1.165) is 0 Å². The third-order valence-electron chi connectivity index (χ3n) is 1.25. The van der Waals surface area contributed by atoms with Gasteiger partial charge in [0.15, 0.2) is 0 Å². The second-order valence-corrected chi connectivity index (χ2v) is 2.08. The fraction of sp³-hybridized carbons (Fsp3) is 0. The predicted octanol–water partition coefficient (Wildman–Crippen LogP) is 0.757. The molecule has 5 nitrogen and oxygen atoms in total. The third kappa shape index (κ3) is 2.23. The Kier molecular flexibility index (Phi) is 3.75. The second-order valence-electron chi connectivity index (χ2n) is 2.08. The predicted molar refractivity (Wildman–Crippen MR) is 41.9 cm³/mol. The van der Waals surface area contributed by atoms with Gasteiger partial charge in [-0.1, -0.05) is 0 Å². The molecular formula is C6H7AuN3O2. The van der Waals surface area contributed by atoms with E-state index in [1.807, 2.05) is 0 Å². The summed E-state index contributed by atoms with van der Waals surface area (Å²) in [4.78, 5) is 9.68. The number of nitro groups is 1. The van der Waals surface area contributed by atoms with E-state index >= 15 is 0 Å². The Hall–Kier alpha value is -1.04. The standard InChI is InChI=1S/C6H7N3O2.Au/c7-4-1-2-5(8)6(3-4)9(10)11;/h1-3H,7-8H2;. The van der Waals surface area contributed by atoms with Crippen LogP contribution in [-0.4, -0.2) is 4.92 Å². The van der Waals surface area contributed by atoms with Gasteiger partial charge in [-0.3, -0.25) is 10.1 Å². The number of nitrogens with zero attached hydrogens (tertiary/aromatic N) is 1. The van der Waals surface area contributed by atoms with E-state index in [2.05, 4.69) is 0 Å². The summed E-state index contributed by atoms with van der Waals surface area (Å²) in [5.74, 6) is 0. The van der Waals surface area contributed by atoms with Crippen molar-refractivity contribution < 1.29 is 27.3 Å². The van der Waals surface area contributed by atoms with Gasteiger partial charge in [0, 0.05) is 34.1 Å². The first-order valence-corrected chi connectivity index (χ1v) is 2.90. The minimum Gasteiger partial charge on any atom is -0.399 e. The minimum atomic E-state index is -0.564. The number of hydrogen-bond acceptors (Lipinski definition) is 4. The molecule has 0 spiro atoms. The van der Waals surface area contributed by atoms with Crippen molar-refractivity contribution in [3.05, 3.63) is 28.3 Å². The van der Waals surface area contributed by atoms with Crippen molar-refractivity contribution >= 4 is 17.1 Å². The summed E-state index contributed by atoms with van der Waals surface area (Å²) in [5.41, 5.74) is 10.9. The Morgan fingerprint density at radius 2 is 1.92 bits per heavy atom. The maximum Gasteiger partial charge on any atom is 0.294 e. The van der Waals surface area contributed by atoms with Crippen LogP contribution in [0.5, 0.6) is 0 Å². The summed E-state index contributed by atoms with van der Waals surface area (Å²) in [6, 6.07) is 4.16. The zero-order valence-electron chi connectivity index (χ0n) is 5.95. The van der Waals surface area contributed by atoms with Crippen LogP contribution in [0.2, 0.25) is 0 Å². The van der Waals surface area contributed by atoms with Gasteiger partial charge in [-0.05, 0) is 12.1 Å². The molecule has 1 aromatic rings. The molecule has 0 saturated carbocycles. The van der Waals surface area contributed by atoms with E-state index in [0.29, 0.717) is 5.69 Å². The maximum atomic E-state index is 10.2. The molecule has 0 unspecified atom stereocenters. The van der Waals surface area contributed by atoms with Crippen molar-refractivity contribution in [1.82, 2.24) is 0 Å². The Labute approximate surface area is 84.4 Å². The number of hydrogen-bond donors (Lipinski definition) is 2. The molecule has 0 aliphatic carbocycles. The Balaban J connectivity index is 0.00000121. The molecule has 1 aromatic carbocycles. The summed E-state index contributed by atoms with van der Waals surface area (Å²) < 4.78 is 0. The van der Waals surface area contributed by atoms with Crippen LogP contribution in [-0.2, 0) is 22.4 Å². The fourth-order valence-corrected chi connectivity index (χ4v) is 0.719. The van der Waals surface area contributed by atoms with Crippen LogP contribution in [0, 0.1) is 10.1 Å². The summed E-state index contributed by atoms with van der Waals surface area (Å²) in [6.07, 6.45) is 0. The molecule has 0 atom stereocenters. The van der Waals surface area contributed by atoms with Crippen LogP contribution >= 0.6 is 0 Å². The monoisotopic (exact) mass is 350 g/mol. The van der Waals surface area contributed by atoms with Crippen molar-refractivity contribution in [3.63, 3.8) is 0 Å². The molecule has 0 fully saturated rings. The number of nitrogen functional groups attached to an aromatic ring is 2. The first-order valence-electron chi connectivity index (χ1n) is 2.90. The van der Waals surface area contributed by atoms with Gasteiger partial charge in [0.25, 0.3) is 5.69 Å². The zero-order valence-corrected chi connectivity index (χ0v) is 8.12. The largest absolute Gasteiger partial charge is 0.399 e. The average Bonchev–Trinajstić information content (AvgIpc) is 1.94. The third-order valence-corrected chi connectivity index (χ3v) is 1.25. The van der Waals surface area contributed by atoms with Gasteiger partial charge in [0.2, 0.25) is 0 Å². The van der Waals surface area contributed by atoms with Crippen LogP contribution in [0.4, 0.5) is 17.1 Å². The smallest absolute Gasteiger partial charge is 0.294 e. The van der Waals surface area contributed by atoms with Gasteiger partial charge >= 0.3 is 0 Å².